The number of hydrogen-bond donors (Lipinski definition) is 0. The minimum Gasteiger partial charge on any atom is -0.455 e. The number of furan rings is 1. The summed E-state index contributed by atoms with van der Waals surface area (Å²) in [6, 6.07) is 65.5. The number of anilines is 2. The minimum atomic E-state index is 0.229. The molecule has 0 radical (unpaired) electrons. The molecule has 274 valence electrons. The zero-order valence-corrected chi connectivity index (χ0v) is 32.4. The molecular formula is C54H36N2OS. The Balaban J connectivity index is 1.01. The van der Waals surface area contributed by atoms with Crippen LogP contribution in [-0.2, 0) is 0 Å². The second-order valence-electron chi connectivity index (χ2n) is 15.2. The van der Waals surface area contributed by atoms with E-state index in [0.29, 0.717) is 0 Å². The van der Waals surface area contributed by atoms with Gasteiger partial charge in [0.05, 0.1) is 15.7 Å². The number of benzene rings is 8. The normalized spacial score (nSPS) is 14.3. The molecule has 12 rings (SSSR count). The molecule has 3 aromatic heterocycles. The van der Waals surface area contributed by atoms with Crippen molar-refractivity contribution in [3.63, 3.8) is 0 Å². The Morgan fingerprint density at radius 3 is 2.02 bits per heavy atom. The summed E-state index contributed by atoms with van der Waals surface area (Å²) in [7, 11) is 0. The van der Waals surface area contributed by atoms with Crippen LogP contribution >= 0.6 is 11.3 Å². The van der Waals surface area contributed by atoms with Crippen LogP contribution in [0.3, 0.4) is 0 Å². The first-order valence-corrected chi connectivity index (χ1v) is 20.8. The number of hydrogen-bond acceptors (Lipinski definition) is 3. The fourth-order valence-electron chi connectivity index (χ4n) is 9.24. The Labute approximate surface area is 339 Å². The van der Waals surface area contributed by atoms with Gasteiger partial charge in [-0.05, 0) is 83.8 Å². The van der Waals surface area contributed by atoms with E-state index in [9.17, 15) is 0 Å². The summed E-state index contributed by atoms with van der Waals surface area (Å²) in [6.45, 7) is 0. The first-order chi connectivity index (χ1) is 28.8. The van der Waals surface area contributed by atoms with Crippen LogP contribution in [0, 0.1) is 0 Å². The molecule has 1 aliphatic rings. The van der Waals surface area contributed by atoms with Gasteiger partial charge in [0.1, 0.15) is 11.2 Å². The third-order valence-electron chi connectivity index (χ3n) is 11.9. The van der Waals surface area contributed by atoms with Crippen LogP contribution in [0.5, 0.6) is 0 Å². The molecule has 0 N–H and O–H groups in total. The summed E-state index contributed by atoms with van der Waals surface area (Å²) < 4.78 is 11.9. The molecule has 0 saturated carbocycles. The summed E-state index contributed by atoms with van der Waals surface area (Å²) in [4.78, 5) is 2.37. The van der Waals surface area contributed by atoms with E-state index in [-0.39, 0.29) is 5.92 Å². The van der Waals surface area contributed by atoms with E-state index < -0.39 is 0 Å². The standard InChI is InChI=1S/C54H36N2OS/c1-4-14-35(15-5-1)36-24-29-41(30-25-36)55(39-16-6-2-7-17-39)42-31-26-37(27-32-42)38-28-33-43-46(34-38)56(40-18-8-3-9-19-40)52-49(43)50-44-20-10-12-22-47(44)57-53(50)51-45-21-11-13-23-48(45)58-54(51)52/h1-26,28-34,37H,27H2. The van der Waals surface area contributed by atoms with Crippen molar-refractivity contribution in [3.05, 3.63) is 211 Å². The monoisotopic (exact) mass is 760 g/mol. The zero-order chi connectivity index (χ0) is 38.2. The van der Waals surface area contributed by atoms with E-state index in [1.54, 1.807) is 0 Å². The first-order valence-electron chi connectivity index (χ1n) is 20.0. The van der Waals surface area contributed by atoms with Gasteiger partial charge in [-0.25, -0.2) is 0 Å². The highest BCUT2D eigenvalue weighted by atomic mass is 32.1. The molecule has 8 aromatic carbocycles. The molecule has 0 aliphatic heterocycles. The van der Waals surface area contributed by atoms with Crippen molar-refractivity contribution < 1.29 is 4.42 Å². The molecule has 1 unspecified atom stereocenters. The second-order valence-corrected chi connectivity index (χ2v) is 16.2. The highest BCUT2D eigenvalue weighted by molar-refractivity contribution is 7.27. The first kappa shape index (κ1) is 33.0. The molecule has 11 aromatic rings. The quantitative estimate of drug-likeness (QED) is 0.168. The average molecular weight is 761 g/mol. The molecule has 0 fully saturated rings. The van der Waals surface area contributed by atoms with Crippen molar-refractivity contribution in [2.45, 2.75) is 12.3 Å². The third kappa shape index (κ3) is 5.12. The highest BCUT2D eigenvalue weighted by Crippen LogP contribution is 2.51. The number of allylic oxidation sites excluding steroid dienone is 3. The van der Waals surface area contributed by atoms with Crippen LogP contribution in [0.15, 0.2) is 210 Å². The molecule has 4 heteroatoms. The van der Waals surface area contributed by atoms with Crippen molar-refractivity contribution in [1.29, 1.82) is 0 Å². The lowest BCUT2D eigenvalue weighted by Gasteiger charge is -2.29. The largest absolute Gasteiger partial charge is 0.455 e. The summed E-state index contributed by atoms with van der Waals surface area (Å²) in [5.41, 5.74) is 12.7. The van der Waals surface area contributed by atoms with Crippen LogP contribution in [0.1, 0.15) is 17.9 Å². The van der Waals surface area contributed by atoms with Gasteiger partial charge in [-0.1, -0.05) is 140 Å². The van der Waals surface area contributed by atoms with Crippen molar-refractivity contribution in [2.24, 2.45) is 0 Å². The second kappa shape index (κ2) is 13.2. The number of thiophene rings is 1. The van der Waals surface area contributed by atoms with Crippen molar-refractivity contribution in [3.8, 4) is 16.8 Å². The summed E-state index contributed by atoms with van der Waals surface area (Å²) in [5.74, 6) is 0.229. The molecule has 0 amide bonds. The van der Waals surface area contributed by atoms with Gasteiger partial charge in [0.15, 0.2) is 0 Å². The van der Waals surface area contributed by atoms with Gasteiger partial charge in [0.2, 0.25) is 0 Å². The third-order valence-corrected chi connectivity index (χ3v) is 13.1. The van der Waals surface area contributed by atoms with Crippen LogP contribution in [0.25, 0.3) is 80.7 Å². The van der Waals surface area contributed by atoms with Gasteiger partial charge in [-0.2, -0.15) is 0 Å². The molecule has 0 bridgehead atoms. The molecule has 0 saturated heterocycles. The van der Waals surface area contributed by atoms with Gasteiger partial charge in [-0.15, -0.1) is 11.3 Å². The minimum absolute atomic E-state index is 0.229. The van der Waals surface area contributed by atoms with Crippen molar-refractivity contribution >= 4 is 86.6 Å². The van der Waals surface area contributed by atoms with E-state index in [4.69, 9.17) is 4.42 Å². The summed E-state index contributed by atoms with van der Waals surface area (Å²) in [6.07, 6.45) is 8.00. The fourth-order valence-corrected chi connectivity index (χ4v) is 10.5. The van der Waals surface area contributed by atoms with Gasteiger partial charge in [0.25, 0.3) is 0 Å². The number of fused-ring (bicyclic) bond motifs is 12. The van der Waals surface area contributed by atoms with E-state index in [1.165, 1.54) is 69.8 Å². The SMILES string of the molecule is C1=CC(c2ccc3c4c5c6ccccc6oc5c5c6ccccc6sc5c4n(-c4ccccc4)c3c2)CC=C1N(c1ccccc1)c1ccc(-c2ccccc2)cc1. The maximum atomic E-state index is 6.82. The molecule has 1 aliphatic carbocycles. The number of aromatic nitrogens is 1. The maximum absolute atomic E-state index is 6.82. The van der Waals surface area contributed by atoms with Crippen LogP contribution in [-0.4, -0.2) is 4.57 Å². The van der Waals surface area contributed by atoms with Crippen molar-refractivity contribution in [2.75, 3.05) is 4.90 Å². The Morgan fingerprint density at radius 1 is 0.569 bits per heavy atom. The summed E-state index contributed by atoms with van der Waals surface area (Å²) >= 11 is 1.87. The fraction of sp³-hybridized carbons (Fsp3) is 0.0370. The lowest BCUT2D eigenvalue weighted by Crippen LogP contribution is -2.17. The molecule has 0 spiro atoms. The lowest BCUT2D eigenvalue weighted by atomic mass is 9.90. The Bertz CT molecular complexity index is 3410. The Kier molecular flexibility index (Phi) is 7.54. The van der Waals surface area contributed by atoms with Crippen LogP contribution < -0.4 is 4.90 Å². The van der Waals surface area contributed by atoms with Gasteiger partial charge in [0, 0.05) is 65.7 Å². The Morgan fingerprint density at radius 2 is 1.24 bits per heavy atom. The highest BCUT2D eigenvalue weighted by Gasteiger charge is 2.26. The Hall–Kier alpha value is -7.14. The lowest BCUT2D eigenvalue weighted by molar-refractivity contribution is 0.673. The average Bonchev–Trinajstić information content (AvgIpc) is 3.98. The topological polar surface area (TPSA) is 21.3 Å². The predicted octanol–water partition coefficient (Wildman–Crippen LogP) is 15.5. The van der Waals surface area contributed by atoms with Gasteiger partial charge in [-0.3, -0.25) is 0 Å². The van der Waals surface area contributed by atoms with E-state index in [1.807, 2.05) is 11.3 Å². The molecule has 58 heavy (non-hydrogen) atoms. The molecule has 1 atom stereocenters. The maximum Gasteiger partial charge on any atom is 0.145 e. The van der Waals surface area contributed by atoms with Gasteiger partial charge < -0.3 is 13.9 Å². The molecule has 3 nitrogen and oxygen atoms in total. The van der Waals surface area contributed by atoms with E-state index >= 15 is 0 Å². The van der Waals surface area contributed by atoms with Crippen LogP contribution in [0.2, 0.25) is 0 Å². The van der Waals surface area contributed by atoms with E-state index in [2.05, 4.69) is 210 Å². The predicted molar refractivity (Wildman–Crippen MR) is 246 cm³/mol. The number of para-hydroxylation sites is 3. The zero-order valence-electron chi connectivity index (χ0n) is 31.5. The summed E-state index contributed by atoms with van der Waals surface area (Å²) in [5, 5.41) is 7.28. The number of nitrogens with zero attached hydrogens (tertiary/aromatic N) is 2. The van der Waals surface area contributed by atoms with E-state index in [0.717, 1.165) is 40.0 Å². The molecule has 3 heterocycles. The molecular weight excluding hydrogens is 725 g/mol. The smallest absolute Gasteiger partial charge is 0.145 e. The van der Waals surface area contributed by atoms with Crippen LogP contribution in [0.4, 0.5) is 11.4 Å². The van der Waals surface area contributed by atoms with Gasteiger partial charge >= 0.3 is 0 Å². The van der Waals surface area contributed by atoms with Crippen molar-refractivity contribution in [1.82, 2.24) is 4.57 Å². The number of rotatable bonds is 6.